The fraction of sp³-hybridized carbons (Fsp3) is 0.417. The largest absolute Gasteiger partial charge is 0.360 e. The number of rotatable bonds is 5. The van der Waals surface area contributed by atoms with E-state index in [0.717, 1.165) is 47.2 Å². The first-order valence-corrected chi connectivity index (χ1v) is 10.9. The minimum atomic E-state index is -0.437. The summed E-state index contributed by atoms with van der Waals surface area (Å²) in [7, 11) is 1.68. The second-order valence-electron chi connectivity index (χ2n) is 8.15. The maximum atomic E-state index is 12.9. The van der Waals surface area contributed by atoms with Crippen LogP contribution in [0, 0.1) is 13.8 Å². The molecular formula is C24H28ClN3O2. The van der Waals surface area contributed by atoms with E-state index in [1.807, 2.05) is 23.1 Å². The third-order valence-electron chi connectivity index (χ3n) is 5.96. The van der Waals surface area contributed by atoms with E-state index in [4.69, 9.17) is 21.3 Å². The molecule has 0 bridgehead atoms. The fourth-order valence-corrected chi connectivity index (χ4v) is 4.65. The third-order valence-corrected chi connectivity index (χ3v) is 6.20. The number of amides is 1. The van der Waals surface area contributed by atoms with Crippen molar-refractivity contribution in [2.75, 3.05) is 13.7 Å². The minimum Gasteiger partial charge on any atom is -0.360 e. The van der Waals surface area contributed by atoms with Crippen LogP contribution in [0.2, 0.25) is 5.02 Å². The second kappa shape index (κ2) is 8.78. The van der Waals surface area contributed by atoms with Crippen molar-refractivity contribution in [3.8, 4) is 0 Å². The summed E-state index contributed by atoms with van der Waals surface area (Å²) in [6.07, 6.45) is 3.11. The molecule has 2 atom stereocenters. The van der Waals surface area contributed by atoms with Crippen molar-refractivity contribution in [1.82, 2.24) is 14.9 Å². The standard InChI is InChI=1S/C24H28ClN3O2/c1-15-8-10-18(16(2)13-15)22(23-26-19-11-9-17(25)14-20(19)27-23)24(30-3)28-12-6-4-5-7-21(28)29/h8-11,13-14,22,24H,4-7,12H2,1-3H3,(H,26,27)/t22-,24?/m1/s1. The number of aromatic amines is 1. The predicted octanol–water partition coefficient (Wildman–Crippen LogP) is 5.34. The second-order valence-corrected chi connectivity index (χ2v) is 8.58. The Balaban J connectivity index is 1.86. The van der Waals surface area contributed by atoms with Crippen LogP contribution in [0.25, 0.3) is 11.0 Å². The summed E-state index contributed by atoms with van der Waals surface area (Å²) in [6.45, 7) is 4.89. The zero-order chi connectivity index (χ0) is 21.3. The Labute approximate surface area is 182 Å². The number of aromatic nitrogens is 2. The van der Waals surface area contributed by atoms with Gasteiger partial charge in [0.15, 0.2) is 0 Å². The number of nitrogens with zero attached hydrogens (tertiary/aromatic N) is 2. The average Bonchev–Trinajstić information content (AvgIpc) is 3.00. The number of nitrogens with one attached hydrogen (secondary N) is 1. The van der Waals surface area contributed by atoms with Crippen LogP contribution < -0.4 is 0 Å². The number of benzene rings is 2. The lowest BCUT2D eigenvalue weighted by Crippen LogP contribution is -2.45. The Morgan fingerprint density at radius 1 is 1.13 bits per heavy atom. The first-order valence-electron chi connectivity index (χ1n) is 10.5. The van der Waals surface area contributed by atoms with Gasteiger partial charge in [0.2, 0.25) is 5.91 Å². The highest BCUT2D eigenvalue weighted by atomic mass is 35.5. The van der Waals surface area contributed by atoms with Crippen molar-refractivity contribution in [2.24, 2.45) is 0 Å². The number of aryl methyl sites for hydroxylation is 2. The van der Waals surface area contributed by atoms with Gasteiger partial charge in [-0.2, -0.15) is 0 Å². The molecule has 6 heteroatoms. The van der Waals surface area contributed by atoms with E-state index in [9.17, 15) is 4.79 Å². The minimum absolute atomic E-state index is 0.147. The predicted molar refractivity (Wildman–Crippen MR) is 120 cm³/mol. The number of halogens is 1. The lowest BCUT2D eigenvalue weighted by Gasteiger charge is -2.35. The molecule has 0 saturated carbocycles. The summed E-state index contributed by atoms with van der Waals surface area (Å²) in [6, 6.07) is 12.0. The molecule has 0 radical (unpaired) electrons. The molecule has 1 unspecified atom stereocenters. The number of carbonyl (C=O) groups excluding carboxylic acids is 1. The summed E-state index contributed by atoms with van der Waals surface area (Å²) in [4.78, 5) is 23.2. The Kier molecular flexibility index (Phi) is 6.11. The van der Waals surface area contributed by atoms with Crippen molar-refractivity contribution in [3.05, 3.63) is 63.9 Å². The maximum absolute atomic E-state index is 12.9. The van der Waals surface area contributed by atoms with Gasteiger partial charge in [0.05, 0.1) is 17.0 Å². The summed E-state index contributed by atoms with van der Waals surface area (Å²) < 4.78 is 6.01. The van der Waals surface area contributed by atoms with E-state index in [1.165, 1.54) is 5.56 Å². The molecule has 0 aliphatic carbocycles. The van der Waals surface area contributed by atoms with Crippen LogP contribution in [0.15, 0.2) is 36.4 Å². The van der Waals surface area contributed by atoms with Crippen molar-refractivity contribution < 1.29 is 9.53 Å². The zero-order valence-electron chi connectivity index (χ0n) is 17.7. The summed E-state index contributed by atoms with van der Waals surface area (Å²) in [5.74, 6) is 0.695. The van der Waals surface area contributed by atoms with Gasteiger partial charge in [0.25, 0.3) is 0 Å². The first kappa shape index (κ1) is 20.9. The van der Waals surface area contributed by atoms with Gasteiger partial charge in [-0.25, -0.2) is 4.98 Å². The quantitative estimate of drug-likeness (QED) is 0.600. The van der Waals surface area contributed by atoms with Crippen LogP contribution >= 0.6 is 11.6 Å². The summed E-state index contributed by atoms with van der Waals surface area (Å²) >= 11 is 6.19. The van der Waals surface area contributed by atoms with E-state index < -0.39 is 6.23 Å². The Hall–Kier alpha value is -2.37. The molecule has 1 fully saturated rings. The lowest BCUT2D eigenvalue weighted by atomic mass is 9.90. The zero-order valence-corrected chi connectivity index (χ0v) is 18.5. The monoisotopic (exact) mass is 425 g/mol. The molecule has 1 aliphatic rings. The van der Waals surface area contributed by atoms with Gasteiger partial charge in [-0.3, -0.25) is 4.79 Å². The van der Waals surface area contributed by atoms with Crippen molar-refractivity contribution in [2.45, 2.75) is 51.7 Å². The van der Waals surface area contributed by atoms with E-state index in [1.54, 1.807) is 7.11 Å². The van der Waals surface area contributed by atoms with Gasteiger partial charge >= 0.3 is 0 Å². The average molecular weight is 426 g/mol. The number of H-pyrrole nitrogens is 1. The summed E-state index contributed by atoms with van der Waals surface area (Å²) in [5.41, 5.74) is 5.19. The Morgan fingerprint density at radius 3 is 2.73 bits per heavy atom. The first-order chi connectivity index (χ1) is 14.5. The molecule has 2 heterocycles. The molecule has 30 heavy (non-hydrogen) atoms. The molecule has 4 rings (SSSR count). The van der Waals surface area contributed by atoms with Crippen molar-refractivity contribution >= 4 is 28.5 Å². The molecule has 0 spiro atoms. The highest BCUT2D eigenvalue weighted by molar-refractivity contribution is 6.31. The summed E-state index contributed by atoms with van der Waals surface area (Å²) in [5, 5.41) is 0.659. The number of methoxy groups -OCH3 is 1. The number of fused-ring (bicyclic) bond motifs is 1. The molecule has 1 aromatic heterocycles. The SMILES string of the molecule is COC([C@@H](c1nc2ccc(Cl)cc2[nH]1)c1ccc(C)cc1C)N1CCCCCC1=O. The van der Waals surface area contributed by atoms with E-state index in [2.05, 4.69) is 37.0 Å². The third kappa shape index (κ3) is 4.09. The molecule has 1 saturated heterocycles. The van der Waals surface area contributed by atoms with E-state index in [-0.39, 0.29) is 11.8 Å². The fourth-order valence-electron chi connectivity index (χ4n) is 4.48. The van der Waals surface area contributed by atoms with Gasteiger partial charge in [0, 0.05) is 25.1 Å². The van der Waals surface area contributed by atoms with Gasteiger partial charge in [-0.15, -0.1) is 0 Å². The van der Waals surface area contributed by atoms with Gasteiger partial charge in [0.1, 0.15) is 12.1 Å². The van der Waals surface area contributed by atoms with Crippen LogP contribution in [0.5, 0.6) is 0 Å². The van der Waals surface area contributed by atoms with Gasteiger partial charge < -0.3 is 14.6 Å². The molecular weight excluding hydrogens is 398 g/mol. The van der Waals surface area contributed by atoms with Crippen LogP contribution in [-0.4, -0.2) is 40.7 Å². The molecule has 1 amide bonds. The van der Waals surface area contributed by atoms with Crippen LogP contribution in [0.4, 0.5) is 0 Å². The number of carbonyl (C=O) groups is 1. The molecule has 5 nitrogen and oxygen atoms in total. The van der Waals surface area contributed by atoms with E-state index in [0.29, 0.717) is 18.0 Å². The van der Waals surface area contributed by atoms with Crippen molar-refractivity contribution in [1.29, 1.82) is 0 Å². The molecule has 2 aromatic carbocycles. The van der Waals surface area contributed by atoms with Gasteiger partial charge in [-0.05, 0) is 56.0 Å². The topological polar surface area (TPSA) is 58.2 Å². The number of ether oxygens (including phenoxy) is 1. The van der Waals surface area contributed by atoms with Gasteiger partial charge in [-0.1, -0.05) is 41.8 Å². The lowest BCUT2D eigenvalue weighted by molar-refractivity contribution is -0.144. The molecule has 1 N–H and O–H groups in total. The number of hydrogen-bond donors (Lipinski definition) is 1. The Morgan fingerprint density at radius 2 is 1.97 bits per heavy atom. The normalized spacial score (nSPS) is 17.2. The van der Waals surface area contributed by atoms with Crippen LogP contribution in [0.3, 0.4) is 0 Å². The highest BCUT2D eigenvalue weighted by Crippen LogP contribution is 2.35. The number of likely N-dealkylation sites (tertiary alicyclic amines) is 1. The number of imidazole rings is 1. The van der Waals surface area contributed by atoms with Crippen LogP contribution in [-0.2, 0) is 9.53 Å². The molecule has 158 valence electrons. The highest BCUT2D eigenvalue weighted by Gasteiger charge is 2.36. The van der Waals surface area contributed by atoms with Crippen LogP contribution in [0.1, 0.15) is 54.1 Å². The number of hydrogen-bond acceptors (Lipinski definition) is 3. The molecule has 1 aliphatic heterocycles. The maximum Gasteiger partial charge on any atom is 0.224 e. The van der Waals surface area contributed by atoms with Crippen molar-refractivity contribution in [3.63, 3.8) is 0 Å². The van der Waals surface area contributed by atoms with E-state index >= 15 is 0 Å². The Bertz CT molecular complexity index is 1060. The smallest absolute Gasteiger partial charge is 0.224 e. The molecule has 3 aromatic rings.